The molecule has 2 unspecified atom stereocenters. The minimum absolute atomic E-state index is 0.827. The van der Waals surface area contributed by atoms with Gasteiger partial charge in [0, 0.05) is 12.4 Å². The third-order valence-electron chi connectivity index (χ3n) is 3.53. The lowest BCUT2D eigenvalue weighted by Crippen LogP contribution is -2.38. The summed E-state index contributed by atoms with van der Waals surface area (Å²) in [5.74, 6) is 2.64. The molecule has 1 heterocycles. The van der Waals surface area contributed by atoms with Crippen molar-refractivity contribution in [1.29, 1.82) is 0 Å². The van der Waals surface area contributed by atoms with E-state index in [1.807, 2.05) is 0 Å². The number of alkyl halides is 1. The average Bonchev–Trinajstić information content (AvgIpc) is 2.18. The molecule has 0 N–H and O–H groups in total. The van der Waals surface area contributed by atoms with Crippen LogP contribution in [0.2, 0.25) is 0 Å². The highest BCUT2D eigenvalue weighted by atomic mass is 35.5. The number of rotatable bonds is 5. The van der Waals surface area contributed by atoms with Gasteiger partial charge in [0.25, 0.3) is 0 Å². The molecule has 1 rings (SSSR count). The topological polar surface area (TPSA) is 3.24 Å². The van der Waals surface area contributed by atoms with E-state index in [1.54, 1.807) is 0 Å². The maximum absolute atomic E-state index is 5.65. The van der Waals surface area contributed by atoms with E-state index in [4.69, 9.17) is 11.6 Å². The lowest BCUT2D eigenvalue weighted by molar-refractivity contribution is 0.136. The summed E-state index contributed by atoms with van der Waals surface area (Å²) in [7, 11) is 0. The Kier molecular flexibility index (Phi) is 5.88. The number of nitrogens with zero attached hydrogens (tertiary/aromatic N) is 1. The summed E-state index contributed by atoms with van der Waals surface area (Å²) in [6.07, 6.45) is 5.19. The molecule has 0 aromatic carbocycles. The quantitative estimate of drug-likeness (QED) is 0.504. The predicted octanol–water partition coefficient (Wildman–Crippen LogP) is 3.37. The van der Waals surface area contributed by atoms with Gasteiger partial charge in [-0.25, -0.2) is 0 Å². The van der Waals surface area contributed by atoms with E-state index in [1.165, 1.54) is 45.3 Å². The van der Waals surface area contributed by atoms with E-state index in [0.29, 0.717) is 0 Å². The Labute approximate surface area is 93.8 Å². The van der Waals surface area contributed by atoms with Crippen LogP contribution in [0.1, 0.15) is 39.5 Å². The smallest absolute Gasteiger partial charge is 0.0223 e. The minimum Gasteiger partial charge on any atom is -0.303 e. The molecule has 2 atom stereocenters. The Morgan fingerprint density at radius 3 is 2.57 bits per heavy atom. The van der Waals surface area contributed by atoms with Gasteiger partial charge in [0.1, 0.15) is 0 Å². The monoisotopic (exact) mass is 217 g/mol. The molecule has 0 radical (unpaired) electrons. The third kappa shape index (κ3) is 4.18. The average molecular weight is 218 g/mol. The summed E-state index contributed by atoms with van der Waals surface area (Å²) in [5, 5.41) is 0. The molecule has 84 valence electrons. The molecule has 14 heavy (non-hydrogen) atoms. The van der Waals surface area contributed by atoms with Crippen LogP contribution >= 0.6 is 11.6 Å². The van der Waals surface area contributed by atoms with Crippen molar-refractivity contribution in [3.8, 4) is 0 Å². The Hall–Kier alpha value is 0.250. The molecule has 0 aromatic rings. The van der Waals surface area contributed by atoms with Gasteiger partial charge in [-0.3, -0.25) is 0 Å². The number of likely N-dealkylation sites (tertiary alicyclic amines) is 1. The second kappa shape index (κ2) is 6.68. The van der Waals surface area contributed by atoms with Crippen LogP contribution in [0.3, 0.4) is 0 Å². The maximum atomic E-state index is 5.65. The van der Waals surface area contributed by atoms with E-state index in [2.05, 4.69) is 18.7 Å². The zero-order chi connectivity index (χ0) is 10.4. The van der Waals surface area contributed by atoms with Crippen molar-refractivity contribution in [3.63, 3.8) is 0 Å². The molecule has 0 saturated carbocycles. The Morgan fingerprint density at radius 1 is 1.14 bits per heavy atom. The Bertz CT molecular complexity index is 149. The lowest BCUT2D eigenvalue weighted by Gasteiger charge is -2.35. The number of piperidine rings is 1. The summed E-state index contributed by atoms with van der Waals surface area (Å²) >= 11 is 5.65. The molecule has 0 spiro atoms. The molecule has 0 amide bonds. The van der Waals surface area contributed by atoms with Crippen LogP contribution < -0.4 is 0 Å². The van der Waals surface area contributed by atoms with E-state index >= 15 is 0 Å². The van der Waals surface area contributed by atoms with Gasteiger partial charge in [0.2, 0.25) is 0 Å². The summed E-state index contributed by atoms with van der Waals surface area (Å²) in [5.41, 5.74) is 0. The fraction of sp³-hybridized carbons (Fsp3) is 1.00. The zero-order valence-electron chi connectivity index (χ0n) is 9.64. The summed E-state index contributed by atoms with van der Waals surface area (Å²) in [6, 6.07) is 0. The van der Waals surface area contributed by atoms with Crippen LogP contribution in [-0.4, -0.2) is 30.4 Å². The highest BCUT2D eigenvalue weighted by Crippen LogP contribution is 2.22. The molecule has 0 aromatic heterocycles. The molecular formula is C12H24ClN. The van der Waals surface area contributed by atoms with E-state index < -0.39 is 0 Å². The molecular weight excluding hydrogens is 194 g/mol. The molecule has 1 fully saturated rings. The van der Waals surface area contributed by atoms with E-state index in [-0.39, 0.29) is 0 Å². The zero-order valence-corrected chi connectivity index (χ0v) is 10.4. The van der Waals surface area contributed by atoms with Crippen LogP contribution in [0.5, 0.6) is 0 Å². The first-order valence-electron chi connectivity index (χ1n) is 6.02. The Balaban J connectivity index is 2.07. The highest BCUT2D eigenvalue weighted by molar-refractivity contribution is 6.17. The van der Waals surface area contributed by atoms with Gasteiger partial charge in [-0.1, -0.05) is 20.3 Å². The SMILES string of the molecule is CC1CCN(CCCCCCl)CC1C. The first-order valence-corrected chi connectivity index (χ1v) is 6.55. The van der Waals surface area contributed by atoms with Crippen molar-refractivity contribution in [2.45, 2.75) is 39.5 Å². The van der Waals surface area contributed by atoms with E-state index in [0.717, 1.165) is 17.7 Å². The third-order valence-corrected chi connectivity index (χ3v) is 3.79. The standard InChI is InChI=1S/C12H24ClN/c1-11-6-9-14(10-12(11)2)8-5-3-4-7-13/h11-12H,3-10H2,1-2H3. The second-order valence-electron chi connectivity index (χ2n) is 4.79. The molecule has 1 saturated heterocycles. The van der Waals surface area contributed by atoms with Gasteiger partial charge in [-0.15, -0.1) is 11.6 Å². The lowest BCUT2D eigenvalue weighted by atomic mass is 9.88. The number of halogens is 1. The summed E-state index contributed by atoms with van der Waals surface area (Å²) in [4.78, 5) is 2.62. The van der Waals surface area contributed by atoms with Crippen LogP contribution in [0, 0.1) is 11.8 Å². The van der Waals surface area contributed by atoms with Gasteiger partial charge >= 0.3 is 0 Å². The van der Waals surface area contributed by atoms with Crippen LogP contribution in [0.25, 0.3) is 0 Å². The molecule has 2 heteroatoms. The predicted molar refractivity (Wildman–Crippen MR) is 64.0 cm³/mol. The molecule has 1 aliphatic rings. The van der Waals surface area contributed by atoms with Gasteiger partial charge in [0.05, 0.1) is 0 Å². The van der Waals surface area contributed by atoms with Gasteiger partial charge in [0.15, 0.2) is 0 Å². The molecule has 0 aliphatic carbocycles. The van der Waals surface area contributed by atoms with Crippen molar-refractivity contribution >= 4 is 11.6 Å². The fourth-order valence-electron chi connectivity index (χ4n) is 2.16. The number of hydrogen-bond donors (Lipinski definition) is 0. The second-order valence-corrected chi connectivity index (χ2v) is 5.17. The van der Waals surface area contributed by atoms with Crippen molar-refractivity contribution in [1.82, 2.24) is 4.90 Å². The minimum atomic E-state index is 0.827. The first kappa shape index (κ1) is 12.3. The largest absolute Gasteiger partial charge is 0.303 e. The molecule has 1 aliphatic heterocycles. The van der Waals surface area contributed by atoms with Crippen molar-refractivity contribution in [2.75, 3.05) is 25.5 Å². The van der Waals surface area contributed by atoms with Crippen molar-refractivity contribution in [3.05, 3.63) is 0 Å². The van der Waals surface area contributed by atoms with Crippen LogP contribution in [-0.2, 0) is 0 Å². The van der Waals surface area contributed by atoms with Crippen molar-refractivity contribution in [2.24, 2.45) is 11.8 Å². The number of hydrogen-bond acceptors (Lipinski definition) is 1. The number of unbranched alkanes of at least 4 members (excludes halogenated alkanes) is 2. The first-order chi connectivity index (χ1) is 6.74. The van der Waals surface area contributed by atoms with Crippen molar-refractivity contribution < 1.29 is 0 Å². The molecule has 1 nitrogen and oxygen atoms in total. The maximum Gasteiger partial charge on any atom is 0.0223 e. The van der Waals surface area contributed by atoms with Crippen LogP contribution in [0.15, 0.2) is 0 Å². The fourth-order valence-corrected chi connectivity index (χ4v) is 2.35. The van der Waals surface area contributed by atoms with Gasteiger partial charge in [-0.2, -0.15) is 0 Å². The van der Waals surface area contributed by atoms with Gasteiger partial charge < -0.3 is 4.90 Å². The molecule has 0 bridgehead atoms. The summed E-state index contributed by atoms with van der Waals surface area (Å²) in [6.45, 7) is 8.67. The normalized spacial score (nSPS) is 29.4. The van der Waals surface area contributed by atoms with Crippen LogP contribution in [0.4, 0.5) is 0 Å². The highest BCUT2D eigenvalue weighted by Gasteiger charge is 2.21. The Morgan fingerprint density at radius 2 is 1.93 bits per heavy atom. The van der Waals surface area contributed by atoms with Gasteiger partial charge in [-0.05, 0) is 44.2 Å². The summed E-state index contributed by atoms with van der Waals surface area (Å²) < 4.78 is 0. The van der Waals surface area contributed by atoms with E-state index in [9.17, 15) is 0 Å².